The van der Waals surface area contributed by atoms with Gasteiger partial charge in [-0.05, 0) is 43.1 Å². The lowest BCUT2D eigenvalue weighted by atomic mass is 9.82. The molecule has 1 heterocycles. The second-order valence-corrected chi connectivity index (χ2v) is 10.1. The fourth-order valence-electron chi connectivity index (χ4n) is 3.90. The van der Waals surface area contributed by atoms with E-state index in [9.17, 15) is 9.59 Å². The van der Waals surface area contributed by atoms with E-state index in [1.54, 1.807) is 4.90 Å². The highest BCUT2D eigenvalue weighted by molar-refractivity contribution is 6.12. The van der Waals surface area contributed by atoms with Crippen LogP contribution in [0.3, 0.4) is 0 Å². The third-order valence-electron chi connectivity index (χ3n) is 5.13. The van der Waals surface area contributed by atoms with Gasteiger partial charge in [0.25, 0.3) is 5.91 Å². The Hall–Kier alpha value is -2.21. The monoisotopic (exact) mass is 414 g/mol. The van der Waals surface area contributed by atoms with Crippen molar-refractivity contribution < 1.29 is 9.59 Å². The zero-order valence-corrected chi connectivity index (χ0v) is 19.4. The highest BCUT2D eigenvalue weighted by Gasteiger charge is 2.51. The Labute approximate surface area is 181 Å². The molecule has 1 aliphatic heterocycles. The molecule has 1 saturated heterocycles. The molecule has 0 bridgehead atoms. The van der Waals surface area contributed by atoms with Crippen molar-refractivity contribution in [3.05, 3.63) is 35.9 Å². The van der Waals surface area contributed by atoms with Crippen LogP contribution >= 0.6 is 0 Å². The van der Waals surface area contributed by atoms with Gasteiger partial charge in [-0.15, -0.1) is 0 Å². The topological polar surface area (TPSA) is 87.8 Å². The Morgan fingerprint density at radius 2 is 1.83 bits per heavy atom. The number of nitrogens with one attached hydrogen (secondary N) is 1. The first-order valence-corrected chi connectivity index (χ1v) is 11.0. The van der Waals surface area contributed by atoms with Crippen molar-refractivity contribution in [3.63, 3.8) is 0 Å². The van der Waals surface area contributed by atoms with E-state index in [4.69, 9.17) is 5.73 Å². The maximum absolute atomic E-state index is 13.8. The molecule has 2 amide bonds. The average molecular weight is 415 g/mol. The fourth-order valence-corrected chi connectivity index (χ4v) is 3.90. The van der Waals surface area contributed by atoms with Gasteiger partial charge < -0.3 is 11.1 Å². The Kier molecular flexibility index (Phi) is 7.81. The molecular formula is C24H38N4O2. The summed E-state index contributed by atoms with van der Waals surface area (Å²) in [5.41, 5.74) is 5.72. The summed E-state index contributed by atoms with van der Waals surface area (Å²) in [6.45, 7) is 12.7. The number of hydrogen-bond acceptors (Lipinski definition) is 3. The van der Waals surface area contributed by atoms with Crippen molar-refractivity contribution in [1.82, 2.24) is 10.2 Å². The lowest BCUT2D eigenvalue weighted by molar-refractivity contribution is -0.132. The summed E-state index contributed by atoms with van der Waals surface area (Å²) in [4.78, 5) is 32.4. The number of nitrogens with two attached hydrogens (primary N) is 1. The number of benzene rings is 1. The van der Waals surface area contributed by atoms with Gasteiger partial charge in [0.1, 0.15) is 5.54 Å². The number of carbonyl (C=O) groups is 2. The van der Waals surface area contributed by atoms with Gasteiger partial charge in [0.2, 0.25) is 11.9 Å². The molecule has 166 valence electrons. The zero-order valence-electron chi connectivity index (χ0n) is 19.4. The summed E-state index contributed by atoms with van der Waals surface area (Å²) < 4.78 is 0. The summed E-state index contributed by atoms with van der Waals surface area (Å²) in [5, 5.41) is 3.38. The van der Waals surface area contributed by atoms with Crippen LogP contribution in [-0.4, -0.2) is 35.3 Å². The van der Waals surface area contributed by atoms with Crippen molar-refractivity contribution >= 4 is 17.8 Å². The highest BCUT2D eigenvalue weighted by Crippen LogP contribution is 2.35. The molecule has 1 aromatic carbocycles. The molecule has 6 nitrogen and oxygen atoms in total. The van der Waals surface area contributed by atoms with Gasteiger partial charge in [0.05, 0.1) is 0 Å². The van der Waals surface area contributed by atoms with Gasteiger partial charge in [-0.25, -0.2) is 0 Å². The van der Waals surface area contributed by atoms with E-state index in [-0.39, 0.29) is 29.2 Å². The van der Waals surface area contributed by atoms with E-state index in [0.717, 1.165) is 18.4 Å². The van der Waals surface area contributed by atoms with Crippen LogP contribution in [0.5, 0.6) is 0 Å². The summed E-state index contributed by atoms with van der Waals surface area (Å²) in [5.74, 6) is 0.374. The molecule has 2 rings (SSSR count). The van der Waals surface area contributed by atoms with E-state index in [1.807, 2.05) is 58.0 Å². The molecule has 0 aliphatic carbocycles. The molecule has 0 aromatic heterocycles. The van der Waals surface area contributed by atoms with Crippen LogP contribution in [0.1, 0.15) is 72.8 Å². The predicted octanol–water partition coefficient (Wildman–Crippen LogP) is 3.81. The summed E-state index contributed by atoms with van der Waals surface area (Å²) in [6.07, 6.45) is 2.49. The molecule has 1 fully saturated rings. The Balaban J connectivity index is 2.45. The van der Waals surface area contributed by atoms with E-state index < -0.39 is 5.54 Å². The quantitative estimate of drug-likeness (QED) is 0.677. The lowest BCUT2D eigenvalue weighted by Gasteiger charge is -2.29. The van der Waals surface area contributed by atoms with Crippen LogP contribution < -0.4 is 11.1 Å². The van der Waals surface area contributed by atoms with Gasteiger partial charge in [-0.3, -0.25) is 14.5 Å². The Morgan fingerprint density at radius 1 is 1.20 bits per heavy atom. The van der Waals surface area contributed by atoms with Gasteiger partial charge >= 0.3 is 0 Å². The SMILES string of the molecule is CC(C)C[C@]1(c2ccccc2)N/C(=N\C(=O)CC(C)(C)C)N(CCC[C@H](C)N)C1=O. The minimum absolute atomic E-state index is 0.0469. The normalized spacial score (nSPS) is 21.9. The van der Waals surface area contributed by atoms with Crippen LogP contribution in [0.2, 0.25) is 0 Å². The average Bonchev–Trinajstić information content (AvgIpc) is 2.86. The number of aliphatic imine (C=N–C) groups is 1. The highest BCUT2D eigenvalue weighted by atomic mass is 16.2. The van der Waals surface area contributed by atoms with Gasteiger partial charge in [-0.2, -0.15) is 4.99 Å². The maximum Gasteiger partial charge on any atom is 0.259 e. The van der Waals surface area contributed by atoms with E-state index in [0.29, 0.717) is 25.3 Å². The molecule has 1 aliphatic rings. The molecule has 30 heavy (non-hydrogen) atoms. The van der Waals surface area contributed by atoms with Gasteiger partial charge in [-0.1, -0.05) is 65.0 Å². The number of carbonyl (C=O) groups excluding carboxylic acids is 2. The summed E-state index contributed by atoms with van der Waals surface area (Å²) >= 11 is 0. The standard InChI is InChI=1S/C24H38N4O2/c1-17(2)15-24(19-12-8-7-9-13-19)21(30)28(14-10-11-18(3)25)22(27-24)26-20(29)16-23(4,5)6/h7-9,12-13,17-18H,10-11,14-16,25H2,1-6H3,(H,26,27,29)/t18-,24+/m0/s1. The number of rotatable bonds is 8. The van der Waals surface area contributed by atoms with Crippen molar-refractivity contribution in [1.29, 1.82) is 0 Å². The largest absolute Gasteiger partial charge is 0.337 e. The predicted molar refractivity (Wildman–Crippen MR) is 122 cm³/mol. The number of amides is 2. The van der Waals surface area contributed by atoms with E-state index in [2.05, 4.69) is 24.2 Å². The minimum Gasteiger partial charge on any atom is -0.337 e. The van der Waals surface area contributed by atoms with Crippen molar-refractivity contribution in [2.75, 3.05) is 6.54 Å². The molecule has 0 spiro atoms. The molecule has 2 atom stereocenters. The molecule has 0 unspecified atom stereocenters. The minimum atomic E-state index is -0.912. The summed E-state index contributed by atoms with van der Waals surface area (Å²) in [7, 11) is 0. The molecule has 0 saturated carbocycles. The molecule has 0 radical (unpaired) electrons. The molecular weight excluding hydrogens is 376 g/mol. The summed E-state index contributed by atoms with van der Waals surface area (Å²) in [6, 6.07) is 9.81. The third-order valence-corrected chi connectivity index (χ3v) is 5.13. The van der Waals surface area contributed by atoms with Crippen molar-refractivity contribution in [3.8, 4) is 0 Å². The first kappa shape index (κ1) is 24.1. The second kappa shape index (κ2) is 9.73. The van der Waals surface area contributed by atoms with E-state index >= 15 is 0 Å². The van der Waals surface area contributed by atoms with Crippen molar-refractivity contribution in [2.24, 2.45) is 22.1 Å². The third kappa shape index (κ3) is 6.14. The fraction of sp³-hybridized carbons (Fsp3) is 0.625. The smallest absolute Gasteiger partial charge is 0.259 e. The van der Waals surface area contributed by atoms with Crippen LogP contribution in [0, 0.1) is 11.3 Å². The first-order chi connectivity index (χ1) is 13.9. The van der Waals surface area contributed by atoms with Crippen LogP contribution in [0.25, 0.3) is 0 Å². The zero-order chi connectivity index (χ0) is 22.5. The van der Waals surface area contributed by atoms with Crippen LogP contribution in [-0.2, 0) is 15.1 Å². The molecule has 1 aromatic rings. The van der Waals surface area contributed by atoms with Crippen LogP contribution in [0.15, 0.2) is 35.3 Å². The molecule has 3 N–H and O–H groups in total. The first-order valence-electron chi connectivity index (χ1n) is 11.0. The maximum atomic E-state index is 13.8. The lowest BCUT2D eigenvalue weighted by Crippen LogP contribution is -2.45. The van der Waals surface area contributed by atoms with E-state index in [1.165, 1.54) is 0 Å². The Bertz CT molecular complexity index is 765. The Morgan fingerprint density at radius 3 is 2.37 bits per heavy atom. The van der Waals surface area contributed by atoms with Crippen LogP contribution in [0.4, 0.5) is 0 Å². The van der Waals surface area contributed by atoms with Gasteiger partial charge in [0.15, 0.2) is 0 Å². The number of guanidine groups is 1. The van der Waals surface area contributed by atoms with Gasteiger partial charge in [0, 0.05) is 19.0 Å². The van der Waals surface area contributed by atoms with Crippen molar-refractivity contribution in [2.45, 2.75) is 78.8 Å². The second-order valence-electron chi connectivity index (χ2n) is 10.1. The number of hydrogen-bond donors (Lipinski definition) is 2. The number of nitrogens with zero attached hydrogens (tertiary/aromatic N) is 2. The molecule has 6 heteroatoms.